The summed E-state index contributed by atoms with van der Waals surface area (Å²) in [5.41, 5.74) is -1.30. The largest absolute Gasteiger partial charge is 0.481 e. The van der Waals surface area contributed by atoms with E-state index in [0.717, 1.165) is 12.1 Å². The van der Waals surface area contributed by atoms with Crippen molar-refractivity contribution in [1.29, 1.82) is 0 Å². The Hall–Kier alpha value is -3.35. The molecular formula is C28H26BrF6N3O3. The van der Waals surface area contributed by atoms with E-state index >= 15 is 0 Å². The van der Waals surface area contributed by atoms with Crippen molar-refractivity contribution in [2.45, 2.75) is 50.6 Å². The molecule has 0 saturated carbocycles. The number of fused-ring (bicyclic) bond motifs is 1. The second kappa shape index (κ2) is 11.9. The lowest BCUT2D eigenvalue weighted by molar-refractivity contribution is -0.138. The summed E-state index contributed by atoms with van der Waals surface area (Å²) in [6.45, 7) is 0.737. The van der Waals surface area contributed by atoms with E-state index in [9.17, 15) is 35.9 Å². The van der Waals surface area contributed by atoms with Gasteiger partial charge in [-0.25, -0.2) is 18.2 Å². The lowest BCUT2D eigenvalue weighted by atomic mass is 9.89. The molecule has 1 fully saturated rings. The number of aromatic nitrogens is 1. The number of rotatable bonds is 8. The van der Waals surface area contributed by atoms with Crippen LogP contribution in [0.15, 0.2) is 40.9 Å². The Kier molecular flexibility index (Phi) is 8.86. The third-order valence-electron chi connectivity index (χ3n) is 7.07. The maximum absolute atomic E-state index is 14.8. The summed E-state index contributed by atoms with van der Waals surface area (Å²) in [6.07, 6.45) is -5.93. The first-order chi connectivity index (χ1) is 19.2. The van der Waals surface area contributed by atoms with Crippen LogP contribution in [0.2, 0.25) is 0 Å². The Morgan fingerprint density at radius 1 is 1.22 bits per heavy atom. The molecule has 6 nitrogen and oxygen atoms in total. The van der Waals surface area contributed by atoms with Crippen LogP contribution < -0.4 is 10.2 Å². The van der Waals surface area contributed by atoms with Crippen molar-refractivity contribution in [3.8, 4) is 0 Å². The monoisotopic (exact) mass is 645 g/mol. The maximum Gasteiger partial charge on any atom is 0.416 e. The van der Waals surface area contributed by atoms with Crippen molar-refractivity contribution in [3.05, 3.63) is 68.9 Å². The summed E-state index contributed by atoms with van der Waals surface area (Å²) in [4.78, 5) is 30.8. The number of hydrogen-bond acceptors (Lipinski definition) is 4. The zero-order valence-electron chi connectivity index (χ0n) is 21.8. The zero-order valence-corrected chi connectivity index (χ0v) is 23.4. The molecule has 1 aliphatic heterocycles. The predicted octanol–water partition coefficient (Wildman–Crippen LogP) is 7.08. The number of carbonyl (C=O) groups is 2. The Balaban J connectivity index is 1.74. The smallest absolute Gasteiger partial charge is 0.416 e. The molecule has 0 unspecified atom stereocenters. The van der Waals surface area contributed by atoms with Crippen molar-refractivity contribution in [1.82, 2.24) is 10.3 Å². The molecule has 1 aromatic heterocycles. The molecular weight excluding hydrogens is 620 g/mol. The quantitative estimate of drug-likeness (QED) is 0.256. The predicted molar refractivity (Wildman–Crippen MR) is 144 cm³/mol. The summed E-state index contributed by atoms with van der Waals surface area (Å²) in [7, 11) is 0. The summed E-state index contributed by atoms with van der Waals surface area (Å²) < 4.78 is 85.1. The molecule has 1 aliphatic rings. The number of benzene rings is 2. The Morgan fingerprint density at radius 2 is 1.95 bits per heavy atom. The van der Waals surface area contributed by atoms with E-state index in [4.69, 9.17) is 5.11 Å². The summed E-state index contributed by atoms with van der Waals surface area (Å²) in [5, 5.41) is 12.1. The van der Waals surface area contributed by atoms with E-state index in [2.05, 4.69) is 26.2 Å². The van der Waals surface area contributed by atoms with Gasteiger partial charge >= 0.3 is 12.1 Å². The van der Waals surface area contributed by atoms with Crippen LogP contribution in [0.4, 0.5) is 32.2 Å². The number of alkyl halides is 5. The van der Waals surface area contributed by atoms with Crippen LogP contribution in [0, 0.1) is 12.7 Å². The highest BCUT2D eigenvalue weighted by Gasteiger charge is 2.38. The third-order valence-corrected chi connectivity index (χ3v) is 7.56. The molecule has 1 saturated heterocycles. The first kappa shape index (κ1) is 30.6. The van der Waals surface area contributed by atoms with Gasteiger partial charge in [0.1, 0.15) is 11.6 Å². The van der Waals surface area contributed by atoms with Gasteiger partial charge in [0.15, 0.2) is 0 Å². The number of anilines is 1. The van der Waals surface area contributed by atoms with Crippen molar-refractivity contribution < 1.29 is 41.0 Å². The highest BCUT2D eigenvalue weighted by Crippen LogP contribution is 2.39. The van der Waals surface area contributed by atoms with Crippen molar-refractivity contribution >= 4 is 44.5 Å². The van der Waals surface area contributed by atoms with Crippen LogP contribution >= 0.6 is 15.9 Å². The standard InChI is InChI=1S/C28H26BrF6N3O3/c1-15-23(18-12-17(29)7-8-21(18)37-25(15)38-11-3-10-27(31,32)14-38)26(41)36-13-16(6-9-22(39)40)24-19(28(33,34)35)4-2-5-20(24)30/h2,4-5,7-8,12,16H,3,6,9-11,13-14H2,1H3,(H,36,41)(H,39,40)/t16-/m0/s1. The van der Waals surface area contributed by atoms with Crippen LogP contribution in [-0.4, -0.2) is 47.5 Å². The Labute approximate surface area is 239 Å². The lowest BCUT2D eigenvalue weighted by Gasteiger charge is -2.34. The number of nitrogens with zero attached hydrogens (tertiary/aromatic N) is 2. The summed E-state index contributed by atoms with van der Waals surface area (Å²) in [6, 6.07) is 7.33. The van der Waals surface area contributed by atoms with Crippen molar-refractivity contribution in [3.63, 3.8) is 0 Å². The van der Waals surface area contributed by atoms with E-state index in [1.54, 1.807) is 25.1 Å². The molecule has 220 valence electrons. The first-order valence-corrected chi connectivity index (χ1v) is 13.6. The molecule has 3 aromatic rings. The lowest BCUT2D eigenvalue weighted by Crippen LogP contribution is -2.43. The molecule has 0 radical (unpaired) electrons. The average molecular weight is 646 g/mol. The van der Waals surface area contributed by atoms with Crippen molar-refractivity contribution in [2.24, 2.45) is 0 Å². The zero-order chi connectivity index (χ0) is 30.1. The number of nitrogens with one attached hydrogen (secondary N) is 1. The fourth-order valence-corrected chi connectivity index (χ4v) is 5.58. The number of piperidine rings is 1. The number of hydrogen-bond donors (Lipinski definition) is 2. The molecule has 2 aromatic carbocycles. The molecule has 2 N–H and O–H groups in total. The van der Waals surface area contributed by atoms with Gasteiger partial charge in [0.05, 0.1) is 23.2 Å². The van der Waals surface area contributed by atoms with Crippen LogP contribution in [0.25, 0.3) is 10.9 Å². The Bertz CT molecular complexity index is 1480. The molecule has 13 heteroatoms. The van der Waals surface area contributed by atoms with Crippen LogP contribution in [0.3, 0.4) is 0 Å². The van der Waals surface area contributed by atoms with E-state index in [1.807, 2.05) is 0 Å². The SMILES string of the molecule is Cc1c(N2CCCC(F)(F)C2)nc2ccc(Br)cc2c1C(=O)NC[C@H](CCC(=O)O)c1c(F)cccc1C(F)(F)F. The number of carboxylic acid groups (broad SMARTS) is 1. The minimum Gasteiger partial charge on any atom is -0.481 e. The molecule has 4 rings (SSSR count). The number of halogens is 7. The van der Waals surface area contributed by atoms with Gasteiger partial charge in [-0.3, -0.25) is 9.59 Å². The summed E-state index contributed by atoms with van der Waals surface area (Å²) >= 11 is 3.34. The van der Waals surface area contributed by atoms with Gasteiger partial charge < -0.3 is 15.3 Å². The fourth-order valence-electron chi connectivity index (χ4n) is 5.21. The normalized spacial score (nSPS) is 16.0. The second-order valence-electron chi connectivity index (χ2n) is 10.0. The molecule has 2 heterocycles. The molecule has 41 heavy (non-hydrogen) atoms. The van der Waals surface area contributed by atoms with Gasteiger partial charge in [0.25, 0.3) is 11.8 Å². The van der Waals surface area contributed by atoms with Gasteiger partial charge in [0, 0.05) is 52.8 Å². The third kappa shape index (κ3) is 6.94. The van der Waals surface area contributed by atoms with Gasteiger partial charge in [0.2, 0.25) is 0 Å². The van der Waals surface area contributed by atoms with Crippen LogP contribution in [0.1, 0.15) is 58.6 Å². The number of carbonyl (C=O) groups excluding carboxylic acids is 1. The minimum atomic E-state index is -4.92. The van der Waals surface area contributed by atoms with E-state index in [0.29, 0.717) is 21.4 Å². The molecule has 0 spiro atoms. The minimum absolute atomic E-state index is 0.0711. The number of carboxylic acids is 1. The average Bonchev–Trinajstić information content (AvgIpc) is 2.87. The van der Waals surface area contributed by atoms with E-state index in [-0.39, 0.29) is 42.8 Å². The van der Waals surface area contributed by atoms with Crippen LogP contribution in [0.5, 0.6) is 0 Å². The maximum atomic E-state index is 14.8. The van der Waals surface area contributed by atoms with E-state index < -0.39 is 66.3 Å². The van der Waals surface area contributed by atoms with Crippen LogP contribution in [-0.2, 0) is 11.0 Å². The molecule has 0 aliphatic carbocycles. The van der Waals surface area contributed by atoms with E-state index in [1.165, 1.54) is 4.90 Å². The highest BCUT2D eigenvalue weighted by molar-refractivity contribution is 9.10. The molecule has 1 atom stereocenters. The first-order valence-electron chi connectivity index (χ1n) is 12.8. The van der Waals surface area contributed by atoms with Gasteiger partial charge in [-0.05, 0) is 50.1 Å². The summed E-state index contributed by atoms with van der Waals surface area (Å²) in [5.74, 6) is -7.31. The number of aliphatic carboxylic acids is 1. The fraction of sp³-hybridized carbons (Fsp3) is 0.393. The highest BCUT2D eigenvalue weighted by atomic mass is 79.9. The second-order valence-corrected chi connectivity index (χ2v) is 10.9. The molecule has 0 bridgehead atoms. The number of pyridine rings is 1. The van der Waals surface area contributed by atoms with Gasteiger partial charge in [-0.2, -0.15) is 13.2 Å². The number of amides is 1. The molecule has 1 amide bonds. The topological polar surface area (TPSA) is 82.5 Å². The Morgan fingerprint density at radius 3 is 2.61 bits per heavy atom. The van der Waals surface area contributed by atoms with Gasteiger partial charge in [-0.1, -0.05) is 22.0 Å². The van der Waals surface area contributed by atoms with Gasteiger partial charge in [-0.15, -0.1) is 0 Å². The van der Waals surface area contributed by atoms with Crippen molar-refractivity contribution in [2.75, 3.05) is 24.5 Å².